The molecule has 3 heterocycles. The maximum absolute atomic E-state index is 13.2. The third kappa shape index (κ3) is 3.59. The van der Waals surface area contributed by atoms with Crippen molar-refractivity contribution in [1.29, 1.82) is 0 Å². The molecular weight excluding hydrogens is 364 g/mol. The first kappa shape index (κ1) is 18.1. The highest BCUT2D eigenvalue weighted by Gasteiger charge is 2.31. The van der Waals surface area contributed by atoms with E-state index in [2.05, 4.69) is 10.3 Å². The molecule has 2 N–H and O–H groups in total. The number of piperazine rings is 1. The zero-order valence-corrected chi connectivity index (χ0v) is 15.8. The normalized spacial score (nSPS) is 20.1. The molecule has 2 aliphatic heterocycles. The van der Waals surface area contributed by atoms with E-state index in [0.717, 1.165) is 38.0 Å². The fourth-order valence-corrected chi connectivity index (χ4v) is 4.13. The molecule has 6 nitrogen and oxygen atoms in total. The third-order valence-electron chi connectivity index (χ3n) is 5.32. The van der Waals surface area contributed by atoms with Gasteiger partial charge in [-0.05, 0) is 30.5 Å². The Morgan fingerprint density at radius 2 is 1.85 bits per heavy atom. The Morgan fingerprint density at radius 1 is 1.07 bits per heavy atom. The lowest BCUT2D eigenvalue weighted by molar-refractivity contribution is 0.0634. The average molecular weight is 387 g/mol. The van der Waals surface area contributed by atoms with Crippen molar-refractivity contribution in [3.63, 3.8) is 0 Å². The summed E-state index contributed by atoms with van der Waals surface area (Å²) in [6.45, 7) is 3.55. The van der Waals surface area contributed by atoms with Crippen LogP contribution < -0.4 is 5.32 Å². The molecule has 2 saturated heterocycles. The van der Waals surface area contributed by atoms with Crippen LogP contribution in [0.5, 0.6) is 0 Å². The fourth-order valence-electron chi connectivity index (χ4n) is 3.87. The Labute approximate surface area is 163 Å². The van der Waals surface area contributed by atoms with E-state index < -0.39 is 0 Å². The van der Waals surface area contributed by atoms with Crippen molar-refractivity contribution in [2.75, 3.05) is 32.7 Å². The molecule has 142 valence electrons. The number of nitrogens with one attached hydrogen (secondary N) is 2. The third-order valence-corrected chi connectivity index (χ3v) is 5.67. The number of halogens is 1. The summed E-state index contributed by atoms with van der Waals surface area (Å²) in [6, 6.07) is 9.16. The highest BCUT2D eigenvalue weighted by molar-refractivity contribution is 6.31. The van der Waals surface area contributed by atoms with Crippen molar-refractivity contribution in [3.8, 4) is 0 Å². The van der Waals surface area contributed by atoms with Crippen molar-refractivity contribution < 1.29 is 9.59 Å². The van der Waals surface area contributed by atoms with E-state index in [0.29, 0.717) is 29.4 Å². The minimum atomic E-state index is -0.132. The summed E-state index contributed by atoms with van der Waals surface area (Å²) < 4.78 is 0. The lowest BCUT2D eigenvalue weighted by atomic mass is 10.0. The molecule has 2 amide bonds. The van der Waals surface area contributed by atoms with Crippen LogP contribution in [0.4, 0.5) is 0 Å². The number of nitrogens with zero attached hydrogens (tertiary/aromatic N) is 2. The molecule has 1 unspecified atom stereocenters. The number of hydrogen-bond donors (Lipinski definition) is 2. The minimum absolute atomic E-state index is 0.0329. The highest BCUT2D eigenvalue weighted by Crippen LogP contribution is 2.29. The average Bonchev–Trinajstić information content (AvgIpc) is 3.39. The second-order valence-electron chi connectivity index (χ2n) is 7.04. The smallest absolute Gasteiger partial charge is 0.270 e. The van der Waals surface area contributed by atoms with Crippen LogP contribution in [0.25, 0.3) is 0 Å². The van der Waals surface area contributed by atoms with Crippen LogP contribution in [0.15, 0.2) is 36.5 Å². The Kier molecular flexibility index (Phi) is 5.18. The number of aromatic nitrogens is 1. The molecule has 0 radical (unpaired) electrons. The van der Waals surface area contributed by atoms with Gasteiger partial charge in [-0.1, -0.05) is 29.8 Å². The molecule has 4 rings (SSSR count). The SMILES string of the molecule is O=C(c1cc(C(=O)N2CCNCC2c2ccccc2Cl)c[nH]1)N1CCCC1. The number of H-pyrrole nitrogens is 1. The van der Waals surface area contributed by atoms with Gasteiger partial charge >= 0.3 is 0 Å². The zero-order valence-electron chi connectivity index (χ0n) is 15.1. The van der Waals surface area contributed by atoms with Crippen LogP contribution in [0, 0.1) is 0 Å². The molecule has 2 fully saturated rings. The van der Waals surface area contributed by atoms with Crippen molar-refractivity contribution in [3.05, 3.63) is 58.4 Å². The maximum atomic E-state index is 13.2. The van der Waals surface area contributed by atoms with E-state index >= 15 is 0 Å². The fraction of sp³-hybridized carbons (Fsp3) is 0.400. The summed E-state index contributed by atoms with van der Waals surface area (Å²) >= 11 is 6.37. The maximum Gasteiger partial charge on any atom is 0.270 e. The molecule has 27 heavy (non-hydrogen) atoms. The quantitative estimate of drug-likeness (QED) is 0.852. The van der Waals surface area contributed by atoms with Gasteiger partial charge in [-0.25, -0.2) is 0 Å². The summed E-state index contributed by atoms with van der Waals surface area (Å²) in [5, 5.41) is 3.99. The topological polar surface area (TPSA) is 68.4 Å². The minimum Gasteiger partial charge on any atom is -0.356 e. The number of carbonyl (C=O) groups is 2. The van der Waals surface area contributed by atoms with Crippen LogP contribution >= 0.6 is 11.6 Å². The van der Waals surface area contributed by atoms with Gasteiger partial charge in [0.25, 0.3) is 11.8 Å². The van der Waals surface area contributed by atoms with Crippen LogP contribution in [-0.4, -0.2) is 59.3 Å². The standard InChI is InChI=1S/C20H23ClN4O2/c21-16-6-2-1-5-15(16)18-13-22-7-10-25(18)19(26)14-11-17(23-12-14)20(27)24-8-3-4-9-24/h1-2,5-6,11-12,18,22-23H,3-4,7-10,13H2. The van der Waals surface area contributed by atoms with Gasteiger partial charge < -0.3 is 20.1 Å². The number of carbonyl (C=O) groups excluding carboxylic acids is 2. The van der Waals surface area contributed by atoms with E-state index in [1.54, 1.807) is 12.3 Å². The molecule has 2 aromatic rings. The van der Waals surface area contributed by atoms with Crippen molar-refractivity contribution in [2.45, 2.75) is 18.9 Å². The van der Waals surface area contributed by atoms with Gasteiger partial charge in [0.2, 0.25) is 0 Å². The Balaban J connectivity index is 1.56. The monoisotopic (exact) mass is 386 g/mol. The summed E-state index contributed by atoms with van der Waals surface area (Å²) in [5.74, 6) is -0.118. The molecule has 1 aromatic heterocycles. The number of rotatable bonds is 3. The molecular formula is C20H23ClN4O2. The van der Waals surface area contributed by atoms with E-state index in [1.807, 2.05) is 34.1 Å². The first-order valence-corrected chi connectivity index (χ1v) is 9.77. The predicted molar refractivity (Wildman–Crippen MR) is 104 cm³/mol. The number of amides is 2. The van der Waals surface area contributed by atoms with Gasteiger partial charge in [-0.2, -0.15) is 0 Å². The molecule has 7 heteroatoms. The molecule has 0 saturated carbocycles. The van der Waals surface area contributed by atoms with Gasteiger partial charge in [-0.3, -0.25) is 9.59 Å². The van der Waals surface area contributed by atoms with Gasteiger partial charge in [0.05, 0.1) is 11.6 Å². The number of benzene rings is 1. The Hall–Kier alpha value is -2.31. The molecule has 0 spiro atoms. The van der Waals surface area contributed by atoms with Crippen LogP contribution in [0.1, 0.15) is 45.3 Å². The van der Waals surface area contributed by atoms with Gasteiger partial charge in [0.1, 0.15) is 5.69 Å². The Bertz CT molecular complexity index is 844. The van der Waals surface area contributed by atoms with Crippen molar-refractivity contribution >= 4 is 23.4 Å². The first-order chi connectivity index (χ1) is 13.1. The molecule has 1 atom stereocenters. The Morgan fingerprint density at radius 3 is 2.63 bits per heavy atom. The van der Waals surface area contributed by atoms with Crippen LogP contribution in [0.2, 0.25) is 5.02 Å². The van der Waals surface area contributed by atoms with E-state index in [9.17, 15) is 9.59 Å². The number of aromatic amines is 1. The molecule has 1 aromatic carbocycles. The summed E-state index contributed by atoms with van der Waals surface area (Å²) in [6.07, 6.45) is 3.72. The number of likely N-dealkylation sites (tertiary alicyclic amines) is 1. The predicted octanol–water partition coefficient (Wildman–Crippen LogP) is 2.69. The zero-order chi connectivity index (χ0) is 18.8. The largest absolute Gasteiger partial charge is 0.356 e. The van der Waals surface area contributed by atoms with E-state index in [4.69, 9.17) is 11.6 Å². The van der Waals surface area contributed by atoms with Crippen LogP contribution in [-0.2, 0) is 0 Å². The summed E-state index contributed by atoms with van der Waals surface area (Å²) in [4.78, 5) is 32.4. The van der Waals surface area contributed by atoms with Crippen molar-refractivity contribution in [1.82, 2.24) is 20.1 Å². The van der Waals surface area contributed by atoms with Crippen molar-refractivity contribution in [2.24, 2.45) is 0 Å². The second-order valence-corrected chi connectivity index (χ2v) is 7.45. The number of hydrogen-bond acceptors (Lipinski definition) is 3. The summed E-state index contributed by atoms with van der Waals surface area (Å²) in [7, 11) is 0. The lowest BCUT2D eigenvalue weighted by Gasteiger charge is -2.36. The van der Waals surface area contributed by atoms with Gasteiger partial charge in [-0.15, -0.1) is 0 Å². The van der Waals surface area contributed by atoms with Gasteiger partial charge in [0, 0.05) is 43.9 Å². The molecule has 2 aliphatic rings. The lowest BCUT2D eigenvalue weighted by Crippen LogP contribution is -2.48. The van der Waals surface area contributed by atoms with E-state index in [-0.39, 0.29) is 17.9 Å². The molecule has 0 bridgehead atoms. The second kappa shape index (κ2) is 7.74. The first-order valence-electron chi connectivity index (χ1n) is 9.39. The highest BCUT2D eigenvalue weighted by atomic mass is 35.5. The van der Waals surface area contributed by atoms with Gasteiger partial charge in [0.15, 0.2) is 0 Å². The molecule has 0 aliphatic carbocycles. The van der Waals surface area contributed by atoms with E-state index in [1.165, 1.54) is 0 Å². The van der Waals surface area contributed by atoms with Crippen LogP contribution in [0.3, 0.4) is 0 Å². The summed E-state index contributed by atoms with van der Waals surface area (Å²) in [5.41, 5.74) is 1.92.